The molecule has 2 aromatic carbocycles. The summed E-state index contributed by atoms with van der Waals surface area (Å²) in [5.74, 6) is 1.21. The molecule has 1 unspecified atom stereocenters. The van der Waals surface area contributed by atoms with Gasteiger partial charge in [0.15, 0.2) is 16.7 Å². The Hall–Kier alpha value is -2.60. The van der Waals surface area contributed by atoms with Crippen molar-refractivity contribution in [2.45, 2.75) is 12.6 Å². The second-order valence-electron chi connectivity index (χ2n) is 6.82. The number of sulfonamides is 1. The lowest BCUT2D eigenvalue weighted by molar-refractivity contribution is 0.0879. The number of hydrazone groups is 1. The van der Waals surface area contributed by atoms with E-state index in [1.54, 1.807) is 12.1 Å². The molecule has 0 saturated heterocycles. The van der Waals surface area contributed by atoms with Gasteiger partial charge in [0, 0.05) is 0 Å². The predicted molar refractivity (Wildman–Crippen MR) is 120 cm³/mol. The first-order chi connectivity index (χ1) is 14.9. The van der Waals surface area contributed by atoms with Gasteiger partial charge in [0.05, 0.1) is 32.9 Å². The molecule has 0 bridgehead atoms. The van der Waals surface area contributed by atoms with Crippen molar-refractivity contribution in [1.82, 2.24) is 5.01 Å². The predicted octanol–water partition coefficient (Wildman–Crippen LogP) is 2.31. The highest BCUT2D eigenvalue weighted by Gasteiger charge is 2.36. The van der Waals surface area contributed by atoms with Gasteiger partial charge in [-0.3, -0.25) is 4.99 Å². The third-order valence-electron chi connectivity index (χ3n) is 4.63. The third kappa shape index (κ3) is 5.18. The number of benzene rings is 2. The van der Waals surface area contributed by atoms with Crippen LogP contribution in [0.3, 0.4) is 0 Å². The third-order valence-corrected chi connectivity index (χ3v) is 6.90. The normalized spacial score (nSPS) is 17.9. The fourth-order valence-corrected chi connectivity index (χ4v) is 4.72. The highest BCUT2D eigenvalue weighted by Crippen LogP contribution is 2.37. The van der Waals surface area contributed by atoms with Crippen molar-refractivity contribution in [3.63, 3.8) is 0 Å². The Labute approximate surface area is 184 Å². The van der Waals surface area contributed by atoms with E-state index < -0.39 is 10.0 Å². The minimum atomic E-state index is -3.83. The number of thioether (sulfide) groups is 1. The zero-order valence-electron chi connectivity index (χ0n) is 16.8. The number of nitrogens with two attached hydrogens (primary N) is 1. The maximum Gasteiger partial charge on any atom is 0.264 e. The second-order valence-corrected chi connectivity index (χ2v) is 9.51. The molecule has 2 aliphatic rings. The molecule has 0 aliphatic carbocycles. The number of methoxy groups -OCH3 is 1. The molecule has 1 atom stereocenters. The van der Waals surface area contributed by atoms with Gasteiger partial charge < -0.3 is 14.2 Å². The zero-order valence-corrected chi connectivity index (χ0v) is 18.4. The van der Waals surface area contributed by atoms with E-state index in [2.05, 4.69) is 10.1 Å². The van der Waals surface area contributed by atoms with Gasteiger partial charge in [-0.15, -0.1) is 5.10 Å². The van der Waals surface area contributed by atoms with Gasteiger partial charge in [0.25, 0.3) is 10.0 Å². The van der Waals surface area contributed by atoms with Crippen LogP contribution in [0.1, 0.15) is 17.2 Å². The van der Waals surface area contributed by atoms with E-state index in [1.807, 2.05) is 48.5 Å². The Balaban J connectivity index is 1.32. The molecule has 164 valence electrons. The number of ether oxygens (including phenoxy) is 3. The van der Waals surface area contributed by atoms with Crippen LogP contribution in [0.5, 0.6) is 11.5 Å². The van der Waals surface area contributed by atoms with Gasteiger partial charge in [-0.2, -0.15) is 0 Å². The largest absolute Gasteiger partial charge is 0.493 e. The molecule has 4 rings (SSSR count). The maximum absolute atomic E-state index is 11.4. The van der Waals surface area contributed by atoms with Crippen LogP contribution in [0.15, 0.2) is 58.6 Å². The van der Waals surface area contributed by atoms with Crippen molar-refractivity contribution in [2.24, 2.45) is 15.2 Å². The first-order valence-corrected chi connectivity index (χ1v) is 11.9. The van der Waals surface area contributed by atoms with Crippen molar-refractivity contribution in [3.05, 3.63) is 59.7 Å². The number of fused-ring (bicyclic) bond motifs is 1. The van der Waals surface area contributed by atoms with Gasteiger partial charge in [-0.25, -0.2) is 18.6 Å². The molecule has 2 N–H and O–H groups in total. The summed E-state index contributed by atoms with van der Waals surface area (Å²) in [4.78, 5) is 4.56. The van der Waals surface area contributed by atoms with Crippen LogP contribution >= 0.6 is 11.8 Å². The van der Waals surface area contributed by atoms with Crippen LogP contribution in [0.25, 0.3) is 0 Å². The molecule has 2 heterocycles. The molecular weight excluding hydrogens is 440 g/mol. The number of aliphatic imine (C=N–C) groups is 1. The molecule has 31 heavy (non-hydrogen) atoms. The van der Waals surface area contributed by atoms with Gasteiger partial charge in [0.2, 0.25) is 4.38 Å². The molecule has 0 amide bonds. The highest BCUT2D eigenvalue weighted by atomic mass is 32.3. The Kier molecular flexibility index (Phi) is 6.46. The standard InChI is InChI=1S/C20H22N4O5S2/c1-27-18-11-15(16-12-24-19(22-16)30-20(23-24)31(21,25)26)7-8-17(18)29-10-9-28-13-14-5-3-2-4-6-14/h2-8,11,16H,9-10,12-13H2,1H3,(H2,21,25,26). The Morgan fingerprint density at radius 2 is 1.97 bits per heavy atom. The smallest absolute Gasteiger partial charge is 0.264 e. The van der Waals surface area contributed by atoms with E-state index in [9.17, 15) is 8.42 Å². The van der Waals surface area contributed by atoms with Crippen LogP contribution in [0.2, 0.25) is 0 Å². The monoisotopic (exact) mass is 462 g/mol. The lowest BCUT2D eigenvalue weighted by Crippen LogP contribution is -2.20. The van der Waals surface area contributed by atoms with Crippen LogP contribution < -0.4 is 14.6 Å². The molecule has 9 nitrogen and oxygen atoms in total. The summed E-state index contributed by atoms with van der Waals surface area (Å²) in [6.07, 6.45) is 0. The lowest BCUT2D eigenvalue weighted by atomic mass is 10.1. The second kappa shape index (κ2) is 9.27. The molecular formula is C20H22N4O5S2. The maximum atomic E-state index is 11.4. The Morgan fingerprint density at radius 1 is 1.16 bits per heavy atom. The molecule has 0 radical (unpaired) electrons. The van der Waals surface area contributed by atoms with Crippen LogP contribution in [0, 0.1) is 0 Å². The van der Waals surface area contributed by atoms with Crippen molar-refractivity contribution in [3.8, 4) is 11.5 Å². The van der Waals surface area contributed by atoms with E-state index in [4.69, 9.17) is 19.3 Å². The molecule has 0 saturated carbocycles. The highest BCUT2D eigenvalue weighted by molar-refractivity contribution is 8.42. The quantitative estimate of drug-likeness (QED) is 0.599. The Bertz CT molecular complexity index is 1110. The van der Waals surface area contributed by atoms with Crippen molar-refractivity contribution >= 4 is 31.3 Å². The first kappa shape index (κ1) is 21.6. The topological polar surface area (TPSA) is 116 Å². The molecule has 2 aromatic rings. The fraction of sp³-hybridized carbons (Fsp3) is 0.300. The number of hydrogen-bond donors (Lipinski definition) is 1. The SMILES string of the molecule is COc1cc(C2CN3N=C(S(N)(=O)=O)SC3=N2)ccc1OCCOCc1ccccc1. The van der Waals surface area contributed by atoms with Crippen molar-refractivity contribution < 1.29 is 22.6 Å². The molecule has 2 aliphatic heterocycles. The lowest BCUT2D eigenvalue weighted by Gasteiger charge is -2.15. The van der Waals surface area contributed by atoms with Crippen LogP contribution in [-0.2, 0) is 21.4 Å². The van der Waals surface area contributed by atoms with E-state index in [0.717, 1.165) is 22.9 Å². The summed E-state index contributed by atoms with van der Waals surface area (Å²) in [5.41, 5.74) is 2.03. The summed E-state index contributed by atoms with van der Waals surface area (Å²) >= 11 is 0.957. The average molecular weight is 463 g/mol. The summed E-state index contributed by atoms with van der Waals surface area (Å²) in [6, 6.07) is 15.4. The van der Waals surface area contributed by atoms with E-state index in [1.165, 1.54) is 0 Å². The van der Waals surface area contributed by atoms with Crippen molar-refractivity contribution in [1.29, 1.82) is 0 Å². The number of hydrogen-bond acceptors (Lipinski definition) is 9. The molecule has 0 aromatic heterocycles. The molecule has 0 fully saturated rings. The van der Waals surface area contributed by atoms with Crippen molar-refractivity contribution in [2.75, 3.05) is 26.9 Å². The van der Waals surface area contributed by atoms with Crippen LogP contribution in [-0.4, -0.2) is 49.8 Å². The van der Waals surface area contributed by atoms with Gasteiger partial charge in [-0.05, 0) is 35.0 Å². The van der Waals surface area contributed by atoms with E-state index in [-0.39, 0.29) is 10.4 Å². The average Bonchev–Trinajstić information content (AvgIpc) is 3.34. The number of rotatable bonds is 8. The van der Waals surface area contributed by atoms with E-state index >= 15 is 0 Å². The number of nitrogens with zero attached hydrogens (tertiary/aromatic N) is 3. The van der Waals surface area contributed by atoms with E-state index in [0.29, 0.717) is 43.0 Å². The minimum absolute atomic E-state index is 0.138. The van der Waals surface area contributed by atoms with Gasteiger partial charge in [-0.1, -0.05) is 36.4 Å². The van der Waals surface area contributed by atoms with Crippen LogP contribution in [0.4, 0.5) is 0 Å². The van der Waals surface area contributed by atoms with Gasteiger partial charge >= 0.3 is 0 Å². The zero-order chi connectivity index (χ0) is 21.8. The summed E-state index contributed by atoms with van der Waals surface area (Å²) in [6.45, 7) is 1.81. The minimum Gasteiger partial charge on any atom is -0.493 e. The molecule has 11 heteroatoms. The van der Waals surface area contributed by atoms with Gasteiger partial charge in [0.1, 0.15) is 6.61 Å². The fourth-order valence-electron chi connectivity index (χ4n) is 3.12. The summed E-state index contributed by atoms with van der Waals surface area (Å²) in [7, 11) is -2.25. The number of primary sulfonamides is 1. The summed E-state index contributed by atoms with van der Waals surface area (Å²) in [5, 5.41) is 11.2. The number of amidine groups is 1. The summed E-state index contributed by atoms with van der Waals surface area (Å²) < 4.78 is 39.7. The Morgan fingerprint density at radius 3 is 2.68 bits per heavy atom. The first-order valence-electron chi connectivity index (χ1n) is 9.51. The molecule has 0 spiro atoms.